The summed E-state index contributed by atoms with van der Waals surface area (Å²) in [6.07, 6.45) is 0.875. The molecule has 0 unspecified atom stereocenters. The van der Waals surface area contributed by atoms with E-state index in [1.54, 1.807) is 0 Å². The molecule has 1 aromatic carbocycles. The normalized spacial score (nSPS) is 10.3. The Balaban J connectivity index is 2.19. The van der Waals surface area contributed by atoms with Crippen LogP contribution in [0.5, 0.6) is 6.01 Å². The highest BCUT2D eigenvalue weighted by Gasteiger charge is 2.06. The van der Waals surface area contributed by atoms with Crippen LogP contribution in [-0.4, -0.2) is 21.6 Å². The zero-order valence-corrected chi connectivity index (χ0v) is 12.9. The van der Waals surface area contributed by atoms with Crippen molar-refractivity contribution in [2.24, 2.45) is 0 Å². The van der Waals surface area contributed by atoms with Crippen molar-refractivity contribution in [3.05, 3.63) is 28.2 Å². The average Bonchev–Trinajstić information content (AvgIpc) is 2.40. The Morgan fingerprint density at radius 1 is 1.30 bits per heavy atom. The van der Waals surface area contributed by atoms with Crippen molar-refractivity contribution in [1.82, 2.24) is 15.0 Å². The molecule has 0 saturated carbocycles. The van der Waals surface area contributed by atoms with E-state index in [2.05, 4.69) is 36.2 Å². The average molecular weight is 338 g/mol. The standard InChI is InChI=1S/C13H16BrN5O/c1-3-6-20-13-18-11(15)17-12(19-13)16-9-4-5-10(14)8(2)7-9/h4-5,7H,3,6H2,1-2H3,(H3,15,16,17,18,19). The number of nitrogen functional groups attached to an aromatic ring is 1. The van der Waals surface area contributed by atoms with Gasteiger partial charge in [0.15, 0.2) is 0 Å². The van der Waals surface area contributed by atoms with Crippen LogP contribution in [0, 0.1) is 6.92 Å². The zero-order chi connectivity index (χ0) is 14.5. The summed E-state index contributed by atoms with van der Waals surface area (Å²) in [6, 6.07) is 6.09. The minimum Gasteiger partial charge on any atom is -0.463 e. The number of nitrogens with two attached hydrogens (primary N) is 1. The molecule has 6 nitrogen and oxygen atoms in total. The Kier molecular flexibility index (Phi) is 4.73. The van der Waals surface area contributed by atoms with E-state index >= 15 is 0 Å². The predicted octanol–water partition coefficient (Wildman–Crippen LogP) is 3.06. The second kappa shape index (κ2) is 6.51. The Morgan fingerprint density at radius 2 is 2.10 bits per heavy atom. The zero-order valence-electron chi connectivity index (χ0n) is 11.4. The summed E-state index contributed by atoms with van der Waals surface area (Å²) in [5.74, 6) is 0.493. The second-order valence-electron chi connectivity index (χ2n) is 4.24. The smallest absolute Gasteiger partial charge is 0.323 e. The molecular formula is C13H16BrN5O. The fraction of sp³-hybridized carbons (Fsp3) is 0.308. The number of aryl methyl sites for hydroxylation is 1. The molecular weight excluding hydrogens is 322 g/mol. The maximum atomic E-state index is 5.65. The molecule has 0 aliphatic rings. The lowest BCUT2D eigenvalue weighted by molar-refractivity contribution is 0.292. The van der Waals surface area contributed by atoms with E-state index in [1.165, 1.54) is 0 Å². The summed E-state index contributed by atoms with van der Waals surface area (Å²) in [5, 5.41) is 3.09. The summed E-state index contributed by atoms with van der Waals surface area (Å²) < 4.78 is 6.41. The lowest BCUT2D eigenvalue weighted by atomic mass is 10.2. The predicted molar refractivity (Wildman–Crippen MR) is 82.2 cm³/mol. The summed E-state index contributed by atoms with van der Waals surface area (Å²) >= 11 is 3.46. The maximum Gasteiger partial charge on any atom is 0.323 e. The van der Waals surface area contributed by atoms with Gasteiger partial charge in [-0.3, -0.25) is 0 Å². The van der Waals surface area contributed by atoms with E-state index in [-0.39, 0.29) is 12.0 Å². The summed E-state index contributed by atoms with van der Waals surface area (Å²) in [5.41, 5.74) is 7.63. The van der Waals surface area contributed by atoms with Gasteiger partial charge in [-0.25, -0.2) is 0 Å². The lowest BCUT2D eigenvalue weighted by Crippen LogP contribution is -2.07. The van der Waals surface area contributed by atoms with Crippen molar-refractivity contribution in [1.29, 1.82) is 0 Å². The number of anilines is 3. The molecule has 0 atom stereocenters. The fourth-order valence-electron chi connectivity index (χ4n) is 1.54. The van der Waals surface area contributed by atoms with E-state index < -0.39 is 0 Å². The number of nitrogens with zero attached hydrogens (tertiary/aromatic N) is 3. The number of rotatable bonds is 5. The molecule has 1 aromatic heterocycles. The molecule has 0 saturated heterocycles. The molecule has 7 heteroatoms. The molecule has 0 radical (unpaired) electrons. The third kappa shape index (κ3) is 3.80. The van der Waals surface area contributed by atoms with Crippen LogP contribution < -0.4 is 15.8 Å². The van der Waals surface area contributed by atoms with Crippen molar-refractivity contribution < 1.29 is 4.74 Å². The number of aromatic nitrogens is 3. The largest absolute Gasteiger partial charge is 0.463 e. The summed E-state index contributed by atoms with van der Waals surface area (Å²) in [6.45, 7) is 4.56. The van der Waals surface area contributed by atoms with Crippen LogP contribution >= 0.6 is 15.9 Å². The van der Waals surface area contributed by atoms with Crippen LogP contribution in [0.25, 0.3) is 0 Å². The van der Waals surface area contributed by atoms with E-state index in [9.17, 15) is 0 Å². The molecule has 3 N–H and O–H groups in total. The molecule has 2 aromatic rings. The first-order chi connectivity index (χ1) is 9.58. The van der Waals surface area contributed by atoms with Gasteiger partial charge in [0.25, 0.3) is 0 Å². The van der Waals surface area contributed by atoms with Gasteiger partial charge in [0.05, 0.1) is 6.61 Å². The molecule has 1 heterocycles. The van der Waals surface area contributed by atoms with Crippen LogP contribution in [0.1, 0.15) is 18.9 Å². The number of hydrogen-bond acceptors (Lipinski definition) is 6. The molecule has 20 heavy (non-hydrogen) atoms. The minimum absolute atomic E-state index is 0.127. The number of benzene rings is 1. The van der Waals surface area contributed by atoms with Crippen molar-refractivity contribution in [2.75, 3.05) is 17.7 Å². The number of halogens is 1. The van der Waals surface area contributed by atoms with E-state index in [1.807, 2.05) is 32.0 Å². The number of nitrogens with one attached hydrogen (secondary N) is 1. The van der Waals surface area contributed by atoms with Gasteiger partial charge in [-0.2, -0.15) is 15.0 Å². The minimum atomic E-state index is 0.127. The third-order valence-corrected chi connectivity index (χ3v) is 3.37. The highest BCUT2D eigenvalue weighted by atomic mass is 79.9. The first kappa shape index (κ1) is 14.5. The molecule has 0 amide bonds. The molecule has 106 valence electrons. The lowest BCUT2D eigenvalue weighted by Gasteiger charge is -2.08. The van der Waals surface area contributed by atoms with Gasteiger partial charge in [-0.1, -0.05) is 22.9 Å². The van der Waals surface area contributed by atoms with Gasteiger partial charge in [-0.15, -0.1) is 0 Å². The van der Waals surface area contributed by atoms with Crippen molar-refractivity contribution in [3.63, 3.8) is 0 Å². The van der Waals surface area contributed by atoms with Crippen LogP contribution in [0.2, 0.25) is 0 Å². The molecule has 0 aliphatic carbocycles. The van der Waals surface area contributed by atoms with Gasteiger partial charge < -0.3 is 15.8 Å². The van der Waals surface area contributed by atoms with Gasteiger partial charge in [0.2, 0.25) is 11.9 Å². The first-order valence-corrected chi connectivity index (χ1v) is 7.05. The van der Waals surface area contributed by atoms with Gasteiger partial charge >= 0.3 is 6.01 Å². The van der Waals surface area contributed by atoms with E-state index in [0.717, 1.165) is 22.1 Å². The van der Waals surface area contributed by atoms with E-state index in [4.69, 9.17) is 10.5 Å². The maximum absolute atomic E-state index is 5.65. The Labute approximate surface area is 125 Å². The Bertz CT molecular complexity index is 605. The topological polar surface area (TPSA) is 86.0 Å². The van der Waals surface area contributed by atoms with Gasteiger partial charge in [-0.05, 0) is 37.1 Å². The summed E-state index contributed by atoms with van der Waals surface area (Å²) in [4.78, 5) is 12.1. The van der Waals surface area contributed by atoms with Crippen LogP contribution in [0.4, 0.5) is 17.6 Å². The third-order valence-electron chi connectivity index (χ3n) is 2.48. The fourth-order valence-corrected chi connectivity index (χ4v) is 1.78. The van der Waals surface area contributed by atoms with Gasteiger partial charge in [0, 0.05) is 10.2 Å². The highest BCUT2D eigenvalue weighted by Crippen LogP contribution is 2.22. The Hall–Kier alpha value is -1.89. The van der Waals surface area contributed by atoms with Gasteiger partial charge in [0.1, 0.15) is 0 Å². The molecule has 2 rings (SSSR count). The van der Waals surface area contributed by atoms with Crippen LogP contribution in [-0.2, 0) is 0 Å². The van der Waals surface area contributed by atoms with E-state index in [0.29, 0.717) is 12.6 Å². The second-order valence-corrected chi connectivity index (χ2v) is 5.09. The van der Waals surface area contributed by atoms with Crippen molar-refractivity contribution in [2.45, 2.75) is 20.3 Å². The molecule has 0 spiro atoms. The van der Waals surface area contributed by atoms with Crippen molar-refractivity contribution in [3.8, 4) is 6.01 Å². The monoisotopic (exact) mass is 337 g/mol. The highest BCUT2D eigenvalue weighted by molar-refractivity contribution is 9.10. The Morgan fingerprint density at radius 3 is 2.80 bits per heavy atom. The first-order valence-electron chi connectivity index (χ1n) is 6.26. The summed E-state index contributed by atoms with van der Waals surface area (Å²) in [7, 11) is 0. The molecule has 0 fully saturated rings. The van der Waals surface area contributed by atoms with Crippen molar-refractivity contribution >= 4 is 33.5 Å². The van der Waals surface area contributed by atoms with Crippen LogP contribution in [0.15, 0.2) is 22.7 Å². The SMILES string of the molecule is CCCOc1nc(N)nc(Nc2ccc(Br)c(C)c2)n1. The number of ether oxygens (including phenoxy) is 1. The number of hydrogen-bond donors (Lipinski definition) is 2. The molecule has 0 bridgehead atoms. The van der Waals surface area contributed by atoms with Crippen LogP contribution in [0.3, 0.4) is 0 Å². The quantitative estimate of drug-likeness (QED) is 0.871. The molecule has 0 aliphatic heterocycles.